The Balaban J connectivity index is 5.04. The molecule has 3 nitrogen and oxygen atoms in total. The third-order valence-electron chi connectivity index (χ3n) is 2.24. The van der Waals surface area contributed by atoms with Gasteiger partial charge in [0.05, 0.1) is 12.4 Å². The van der Waals surface area contributed by atoms with Gasteiger partial charge in [0.15, 0.2) is 0 Å². The summed E-state index contributed by atoms with van der Waals surface area (Å²) in [6, 6.07) is 0. The molecule has 0 aliphatic heterocycles. The van der Waals surface area contributed by atoms with Crippen molar-refractivity contribution in [2.75, 3.05) is 13.3 Å². The maximum absolute atomic E-state index is 12.6. The quantitative estimate of drug-likeness (QED) is 0.772. The molecule has 2 unspecified atom stereocenters. The fraction of sp³-hybridized carbons (Fsp3) is 1.00. The van der Waals surface area contributed by atoms with Crippen LogP contribution in [0.5, 0.6) is 0 Å². The number of rotatable bonds is 4. The van der Waals surface area contributed by atoms with Crippen molar-refractivity contribution in [1.82, 2.24) is 5.32 Å². The van der Waals surface area contributed by atoms with Crippen molar-refractivity contribution in [3.63, 3.8) is 0 Å². The van der Waals surface area contributed by atoms with E-state index >= 15 is 0 Å². The van der Waals surface area contributed by atoms with E-state index in [1.54, 1.807) is 6.66 Å². The molecule has 0 saturated carbocycles. The van der Waals surface area contributed by atoms with Crippen LogP contribution in [0.1, 0.15) is 48.5 Å². The van der Waals surface area contributed by atoms with E-state index in [2.05, 4.69) is 46.9 Å². The molecule has 0 fully saturated rings. The van der Waals surface area contributed by atoms with Gasteiger partial charge in [-0.3, -0.25) is 4.57 Å². The van der Waals surface area contributed by atoms with Gasteiger partial charge in [0, 0.05) is 12.2 Å². The van der Waals surface area contributed by atoms with E-state index in [0.29, 0.717) is 6.61 Å². The fourth-order valence-electron chi connectivity index (χ4n) is 1.78. The molecule has 0 rings (SSSR count). The minimum absolute atomic E-state index is 0.0687. The lowest BCUT2D eigenvalue weighted by molar-refractivity contribution is 0.240. The summed E-state index contributed by atoms with van der Waals surface area (Å²) in [5, 5.41) is 3.43. The number of nitrogens with one attached hydrogen (secondary N) is 1. The summed E-state index contributed by atoms with van der Waals surface area (Å²) >= 11 is 0. The summed E-state index contributed by atoms with van der Waals surface area (Å²) in [5.41, 5.74) is -0.159. The van der Waals surface area contributed by atoms with Gasteiger partial charge in [-0.1, -0.05) is 20.8 Å². The first-order valence-electron chi connectivity index (χ1n) is 5.89. The third kappa shape index (κ3) is 5.47. The molecule has 2 atom stereocenters. The topological polar surface area (TPSA) is 38.3 Å². The van der Waals surface area contributed by atoms with E-state index in [9.17, 15) is 4.57 Å². The Kier molecular flexibility index (Phi) is 5.25. The average molecular weight is 249 g/mol. The zero-order chi connectivity index (χ0) is 13.2. The van der Waals surface area contributed by atoms with Gasteiger partial charge >= 0.3 is 0 Å². The highest BCUT2D eigenvalue weighted by atomic mass is 31.2. The van der Waals surface area contributed by atoms with Crippen LogP contribution >= 0.6 is 7.37 Å². The summed E-state index contributed by atoms with van der Waals surface area (Å²) in [5.74, 6) is -0.125. The molecule has 0 aromatic rings. The molecule has 4 heteroatoms. The Morgan fingerprint density at radius 1 is 1.19 bits per heavy atom. The van der Waals surface area contributed by atoms with Crippen LogP contribution < -0.4 is 5.32 Å². The lowest BCUT2D eigenvalue weighted by Crippen LogP contribution is -2.49. The van der Waals surface area contributed by atoms with E-state index in [1.165, 1.54) is 0 Å². The zero-order valence-corrected chi connectivity index (χ0v) is 12.9. The summed E-state index contributed by atoms with van der Waals surface area (Å²) < 4.78 is 18.0. The Morgan fingerprint density at radius 3 is 1.88 bits per heavy atom. The van der Waals surface area contributed by atoms with Crippen LogP contribution in [0.4, 0.5) is 0 Å². The van der Waals surface area contributed by atoms with Crippen molar-refractivity contribution >= 4 is 7.37 Å². The molecule has 0 radical (unpaired) electrons. The van der Waals surface area contributed by atoms with E-state index in [1.807, 2.05) is 6.92 Å². The first-order valence-corrected chi connectivity index (χ1v) is 8.03. The van der Waals surface area contributed by atoms with Crippen molar-refractivity contribution in [3.05, 3.63) is 0 Å². The zero-order valence-electron chi connectivity index (χ0n) is 12.0. The minimum atomic E-state index is -2.63. The molecule has 0 heterocycles. The van der Waals surface area contributed by atoms with E-state index in [4.69, 9.17) is 4.52 Å². The Morgan fingerprint density at radius 2 is 1.62 bits per heavy atom. The van der Waals surface area contributed by atoms with Crippen molar-refractivity contribution < 1.29 is 9.09 Å². The second kappa shape index (κ2) is 5.20. The Labute approximate surface area is 101 Å². The fourth-order valence-corrected chi connectivity index (χ4v) is 4.47. The van der Waals surface area contributed by atoms with Crippen LogP contribution in [0.15, 0.2) is 0 Å². The van der Waals surface area contributed by atoms with Gasteiger partial charge in [0.25, 0.3) is 0 Å². The highest BCUT2D eigenvalue weighted by Crippen LogP contribution is 2.53. The van der Waals surface area contributed by atoms with Crippen LogP contribution in [0, 0.1) is 5.41 Å². The molecule has 0 spiro atoms. The monoisotopic (exact) mass is 249 g/mol. The van der Waals surface area contributed by atoms with Crippen molar-refractivity contribution in [2.24, 2.45) is 5.41 Å². The van der Waals surface area contributed by atoms with Crippen molar-refractivity contribution in [3.8, 4) is 0 Å². The third-order valence-corrected chi connectivity index (χ3v) is 4.86. The molecule has 0 aliphatic rings. The van der Waals surface area contributed by atoms with Gasteiger partial charge < -0.3 is 9.84 Å². The smallest absolute Gasteiger partial charge is 0.217 e. The van der Waals surface area contributed by atoms with Crippen LogP contribution in [0.25, 0.3) is 0 Å². The maximum Gasteiger partial charge on any atom is 0.217 e. The summed E-state index contributed by atoms with van der Waals surface area (Å²) in [7, 11) is -2.63. The van der Waals surface area contributed by atoms with Gasteiger partial charge in [0.2, 0.25) is 7.37 Å². The molecule has 0 bridgehead atoms. The summed E-state index contributed by atoms with van der Waals surface area (Å²) in [4.78, 5) is 0. The highest BCUT2D eigenvalue weighted by Gasteiger charge is 2.40. The lowest BCUT2D eigenvalue weighted by Gasteiger charge is -2.40. The highest BCUT2D eigenvalue weighted by molar-refractivity contribution is 7.58. The summed E-state index contributed by atoms with van der Waals surface area (Å²) in [6.45, 7) is 16.6. The molecular formula is C12H28NO2P. The summed E-state index contributed by atoms with van der Waals surface area (Å²) in [6.07, 6.45) is 0. The first-order chi connectivity index (χ1) is 6.90. The van der Waals surface area contributed by atoms with Gasteiger partial charge in [0.1, 0.15) is 0 Å². The molecular weight excluding hydrogens is 221 g/mol. The average Bonchev–Trinajstić information content (AvgIpc) is 1.96. The Hall–Kier alpha value is 0.150. The SMILES string of the molecule is CCOP(C)(=O)C(NC(C)(C)C)C(C)(C)C. The van der Waals surface area contributed by atoms with Gasteiger partial charge in [-0.15, -0.1) is 0 Å². The molecule has 0 amide bonds. The van der Waals surface area contributed by atoms with Crippen LogP contribution in [-0.4, -0.2) is 24.6 Å². The molecule has 98 valence electrons. The molecule has 1 N–H and O–H groups in total. The van der Waals surface area contributed by atoms with Gasteiger partial charge in [-0.05, 0) is 33.1 Å². The maximum atomic E-state index is 12.6. The normalized spacial score (nSPS) is 19.2. The van der Waals surface area contributed by atoms with E-state index < -0.39 is 7.37 Å². The van der Waals surface area contributed by atoms with E-state index in [-0.39, 0.29) is 16.7 Å². The van der Waals surface area contributed by atoms with Crippen LogP contribution in [-0.2, 0) is 9.09 Å². The van der Waals surface area contributed by atoms with Crippen molar-refractivity contribution in [1.29, 1.82) is 0 Å². The molecule has 0 aliphatic carbocycles. The molecule has 16 heavy (non-hydrogen) atoms. The molecule has 0 aromatic carbocycles. The second-order valence-electron chi connectivity index (χ2n) is 6.49. The van der Waals surface area contributed by atoms with Crippen molar-refractivity contribution in [2.45, 2.75) is 59.8 Å². The molecule has 0 aromatic heterocycles. The van der Waals surface area contributed by atoms with Crippen LogP contribution in [0.2, 0.25) is 0 Å². The first kappa shape index (κ1) is 16.1. The van der Waals surface area contributed by atoms with Gasteiger partial charge in [-0.2, -0.15) is 0 Å². The van der Waals surface area contributed by atoms with E-state index in [0.717, 1.165) is 0 Å². The largest absolute Gasteiger partial charge is 0.328 e. The lowest BCUT2D eigenvalue weighted by atomic mass is 9.94. The predicted molar refractivity (Wildman–Crippen MR) is 71.3 cm³/mol. The number of hydrogen-bond donors (Lipinski definition) is 1. The number of hydrogen-bond acceptors (Lipinski definition) is 3. The molecule has 0 saturated heterocycles. The second-order valence-corrected chi connectivity index (χ2v) is 9.08. The Bertz CT molecular complexity index is 263. The van der Waals surface area contributed by atoms with Gasteiger partial charge in [-0.25, -0.2) is 0 Å². The predicted octanol–water partition coefficient (Wildman–Crippen LogP) is 3.69. The van der Waals surface area contributed by atoms with Crippen LogP contribution in [0.3, 0.4) is 0 Å². The minimum Gasteiger partial charge on any atom is -0.328 e. The standard InChI is InChI=1S/C12H28NO2P/c1-9-15-16(8,14)10(11(2,3)4)13-12(5,6)7/h10,13H,9H2,1-8H3.